The highest BCUT2D eigenvalue weighted by atomic mass is 19.1. The Labute approximate surface area is 176 Å². The van der Waals surface area contributed by atoms with Gasteiger partial charge in [-0.3, -0.25) is 4.79 Å². The quantitative estimate of drug-likeness (QED) is 0.412. The zero-order valence-corrected chi connectivity index (χ0v) is 16.1. The molecule has 0 amide bonds. The molecule has 0 aliphatic heterocycles. The zero-order valence-electron chi connectivity index (χ0n) is 16.1. The predicted octanol–water partition coefficient (Wildman–Crippen LogP) is 5.30. The third kappa shape index (κ3) is 2.60. The molecule has 0 saturated carbocycles. The van der Waals surface area contributed by atoms with Crippen LogP contribution < -0.4 is 0 Å². The molecule has 0 aromatic heterocycles. The Morgan fingerprint density at radius 3 is 1.45 bits per heavy atom. The number of fused-ring (bicyclic) bond motifs is 2. The summed E-state index contributed by atoms with van der Waals surface area (Å²) in [6.45, 7) is 0. The Morgan fingerprint density at radius 1 is 0.613 bits per heavy atom. The molecule has 0 heterocycles. The van der Waals surface area contributed by atoms with Crippen LogP contribution in [0.2, 0.25) is 0 Å². The number of carbonyl (C=O) groups excluding carboxylic acids is 1. The van der Waals surface area contributed by atoms with Gasteiger partial charge in [0.05, 0.1) is 5.41 Å². The molecule has 152 valence electrons. The topological polar surface area (TPSA) is 57.5 Å². The van der Waals surface area contributed by atoms with Crippen LogP contribution in [0.3, 0.4) is 0 Å². The molecule has 1 aliphatic rings. The summed E-state index contributed by atoms with van der Waals surface area (Å²) in [6, 6.07) is 21.9. The highest BCUT2D eigenvalue weighted by molar-refractivity contribution is 6.14. The maximum absolute atomic E-state index is 14.6. The molecular formula is C26H16F2O3. The first-order chi connectivity index (χ1) is 14.9. The van der Waals surface area contributed by atoms with Crippen LogP contribution in [0.4, 0.5) is 8.78 Å². The van der Waals surface area contributed by atoms with Crippen molar-refractivity contribution in [3.8, 4) is 11.5 Å². The number of ketones is 1. The third-order valence-electron chi connectivity index (χ3n) is 5.91. The SMILES string of the molecule is O=C1c2ccccc2C(c2ccc(O)c(F)c2)(c2ccc(O)c(F)c2)c2ccccc21. The summed E-state index contributed by atoms with van der Waals surface area (Å²) >= 11 is 0. The van der Waals surface area contributed by atoms with Crippen LogP contribution in [0.25, 0.3) is 0 Å². The van der Waals surface area contributed by atoms with E-state index in [9.17, 15) is 23.8 Å². The summed E-state index contributed by atoms with van der Waals surface area (Å²) in [5, 5.41) is 19.6. The van der Waals surface area contributed by atoms with Gasteiger partial charge in [-0.1, -0.05) is 60.7 Å². The highest BCUT2D eigenvalue weighted by Gasteiger charge is 2.46. The highest BCUT2D eigenvalue weighted by Crippen LogP contribution is 2.51. The second-order valence-corrected chi connectivity index (χ2v) is 7.50. The lowest BCUT2D eigenvalue weighted by atomic mass is 9.59. The van der Waals surface area contributed by atoms with Gasteiger partial charge in [0.2, 0.25) is 0 Å². The summed E-state index contributed by atoms with van der Waals surface area (Å²) in [5.41, 5.74) is 1.55. The number of phenolic OH excluding ortho intramolecular Hbond substituents is 2. The third-order valence-corrected chi connectivity index (χ3v) is 5.91. The molecule has 5 rings (SSSR count). The van der Waals surface area contributed by atoms with Gasteiger partial charge in [-0.25, -0.2) is 8.78 Å². The Bertz CT molecular complexity index is 1260. The molecule has 1 aliphatic carbocycles. The van der Waals surface area contributed by atoms with Crippen molar-refractivity contribution >= 4 is 5.78 Å². The zero-order chi connectivity index (χ0) is 21.8. The number of aromatic hydroxyl groups is 2. The van der Waals surface area contributed by atoms with Crippen molar-refractivity contribution in [3.63, 3.8) is 0 Å². The van der Waals surface area contributed by atoms with Crippen molar-refractivity contribution in [2.24, 2.45) is 0 Å². The minimum atomic E-state index is -1.25. The van der Waals surface area contributed by atoms with Crippen LogP contribution in [-0.4, -0.2) is 16.0 Å². The average molecular weight is 414 g/mol. The van der Waals surface area contributed by atoms with E-state index in [4.69, 9.17) is 0 Å². The van der Waals surface area contributed by atoms with Gasteiger partial charge in [-0.15, -0.1) is 0 Å². The first-order valence-electron chi connectivity index (χ1n) is 9.66. The number of halogens is 2. The molecule has 2 N–H and O–H groups in total. The van der Waals surface area contributed by atoms with Crippen LogP contribution in [0.15, 0.2) is 84.9 Å². The standard InChI is InChI=1S/C26H16F2O3/c27-21-13-15(9-11-23(21)29)26(16-10-12-24(30)22(28)14-16)19-7-3-1-5-17(19)25(31)18-6-2-4-8-20(18)26/h1-14,29-30H. The number of benzene rings is 4. The molecule has 0 atom stereocenters. The first-order valence-corrected chi connectivity index (χ1v) is 9.66. The van der Waals surface area contributed by atoms with E-state index in [2.05, 4.69) is 0 Å². The number of phenols is 2. The van der Waals surface area contributed by atoms with E-state index in [0.29, 0.717) is 33.4 Å². The molecule has 3 nitrogen and oxygen atoms in total. The molecular weight excluding hydrogens is 398 g/mol. The average Bonchev–Trinajstić information content (AvgIpc) is 2.79. The molecule has 0 saturated heterocycles. The second kappa shape index (κ2) is 6.77. The minimum Gasteiger partial charge on any atom is -0.505 e. The lowest BCUT2D eigenvalue weighted by molar-refractivity contribution is 0.103. The van der Waals surface area contributed by atoms with E-state index in [1.165, 1.54) is 24.3 Å². The van der Waals surface area contributed by atoms with Crippen LogP contribution in [-0.2, 0) is 5.41 Å². The molecule has 31 heavy (non-hydrogen) atoms. The van der Waals surface area contributed by atoms with Crippen molar-refractivity contribution in [2.75, 3.05) is 0 Å². The van der Waals surface area contributed by atoms with Crippen LogP contribution in [0.1, 0.15) is 38.2 Å². The van der Waals surface area contributed by atoms with Crippen molar-refractivity contribution in [1.29, 1.82) is 0 Å². The number of hydrogen-bond acceptors (Lipinski definition) is 3. The fourth-order valence-electron chi connectivity index (χ4n) is 4.58. The molecule has 0 fully saturated rings. The molecule has 0 radical (unpaired) electrons. The summed E-state index contributed by atoms with van der Waals surface area (Å²) in [5.74, 6) is -2.86. The minimum absolute atomic E-state index is 0.180. The fourth-order valence-corrected chi connectivity index (χ4v) is 4.58. The van der Waals surface area contributed by atoms with Gasteiger partial charge in [0.1, 0.15) is 0 Å². The molecule has 0 spiro atoms. The summed E-state index contributed by atoms with van der Waals surface area (Å²) in [7, 11) is 0. The number of rotatable bonds is 2. The molecule has 0 bridgehead atoms. The van der Waals surface area contributed by atoms with Crippen molar-refractivity contribution < 1.29 is 23.8 Å². The summed E-state index contributed by atoms with van der Waals surface area (Å²) in [6.07, 6.45) is 0. The van der Waals surface area contributed by atoms with Gasteiger partial charge >= 0.3 is 0 Å². The largest absolute Gasteiger partial charge is 0.505 e. The van der Waals surface area contributed by atoms with Gasteiger partial charge < -0.3 is 10.2 Å². The molecule has 4 aromatic carbocycles. The van der Waals surface area contributed by atoms with E-state index in [-0.39, 0.29) is 5.78 Å². The number of hydrogen-bond donors (Lipinski definition) is 2. The lowest BCUT2D eigenvalue weighted by Crippen LogP contribution is -2.38. The van der Waals surface area contributed by atoms with Gasteiger partial charge in [-0.05, 0) is 46.5 Å². The van der Waals surface area contributed by atoms with Crippen LogP contribution in [0, 0.1) is 11.6 Å². The van der Waals surface area contributed by atoms with Crippen LogP contribution in [0.5, 0.6) is 11.5 Å². The molecule has 5 heteroatoms. The van der Waals surface area contributed by atoms with Crippen molar-refractivity contribution in [2.45, 2.75) is 5.41 Å². The van der Waals surface area contributed by atoms with Crippen molar-refractivity contribution in [3.05, 3.63) is 130 Å². The fraction of sp³-hybridized carbons (Fsp3) is 0.0385. The van der Waals surface area contributed by atoms with Gasteiger partial charge in [0.25, 0.3) is 0 Å². The summed E-state index contributed by atoms with van der Waals surface area (Å²) < 4.78 is 29.1. The predicted molar refractivity (Wildman–Crippen MR) is 111 cm³/mol. The monoisotopic (exact) mass is 414 g/mol. The number of carbonyl (C=O) groups is 1. The Hall–Kier alpha value is -3.99. The van der Waals surface area contributed by atoms with Gasteiger partial charge in [0.15, 0.2) is 28.9 Å². The Kier molecular flexibility index (Phi) is 4.15. The van der Waals surface area contributed by atoms with E-state index < -0.39 is 28.5 Å². The molecule has 4 aromatic rings. The van der Waals surface area contributed by atoms with Crippen molar-refractivity contribution in [1.82, 2.24) is 0 Å². The van der Waals surface area contributed by atoms with Gasteiger partial charge in [0, 0.05) is 11.1 Å². The second-order valence-electron chi connectivity index (χ2n) is 7.50. The van der Waals surface area contributed by atoms with E-state index in [1.54, 1.807) is 60.7 Å². The first kappa shape index (κ1) is 19.0. The maximum Gasteiger partial charge on any atom is 0.193 e. The van der Waals surface area contributed by atoms with E-state index in [0.717, 1.165) is 0 Å². The molecule has 0 unspecified atom stereocenters. The maximum atomic E-state index is 14.6. The van der Waals surface area contributed by atoms with Gasteiger partial charge in [-0.2, -0.15) is 0 Å². The van der Waals surface area contributed by atoms with E-state index in [1.807, 2.05) is 0 Å². The lowest BCUT2D eigenvalue weighted by Gasteiger charge is -2.41. The Balaban J connectivity index is 2.00. The smallest absolute Gasteiger partial charge is 0.193 e. The van der Waals surface area contributed by atoms with E-state index >= 15 is 0 Å². The normalized spacial score (nSPS) is 14.1. The Morgan fingerprint density at radius 2 is 1.03 bits per heavy atom. The van der Waals surface area contributed by atoms with Crippen LogP contribution >= 0.6 is 0 Å². The summed E-state index contributed by atoms with van der Waals surface area (Å²) in [4.78, 5) is 13.3.